The molecule has 2 heterocycles. The van der Waals surface area contributed by atoms with Gasteiger partial charge in [-0.25, -0.2) is 4.79 Å². The fraction of sp³-hybridized carbons (Fsp3) is 0.550. The minimum absolute atomic E-state index is 0.00715. The van der Waals surface area contributed by atoms with Crippen LogP contribution in [0.5, 0.6) is 0 Å². The maximum atomic E-state index is 13.8. The molecule has 0 N–H and O–H groups in total. The predicted molar refractivity (Wildman–Crippen MR) is 95.0 cm³/mol. The van der Waals surface area contributed by atoms with Gasteiger partial charge in [0.2, 0.25) is 0 Å². The van der Waals surface area contributed by atoms with Gasteiger partial charge in [-0.1, -0.05) is 18.2 Å². The van der Waals surface area contributed by atoms with Crippen molar-refractivity contribution in [3.8, 4) is 0 Å². The first-order valence-corrected chi connectivity index (χ1v) is 9.69. The van der Waals surface area contributed by atoms with Gasteiger partial charge in [0.15, 0.2) is 0 Å². The molecule has 11 heteroatoms. The third-order valence-electron chi connectivity index (χ3n) is 5.55. The van der Waals surface area contributed by atoms with E-state index in [1.807, 2.05) is 0 Å². The maximum Gasteiger partial charge on any atom is 0.463 e. The quantitative estimate of drug-likeness (QED) is 0.509. The summed E-state index contributed by atoms with van der Waals surface area (Å²) in [5.41, 5.74) is 0.180. The second kappa shape index (κ2) is 8.43. The van der Waals surface area contributed by atoms with Gasteiger partial charge in [0.25, 0.3) is 0 Å². The molecule has 2 bridgehead atoms. The minimum atomic E-state index is -6.07. The minimum Gasteiger partial charge on any atom is -0.466 e. The van der Waals surface area contributed by atoms with Crippen molar-refractivity contribution in [3.63, 3.8) is 0 Å². The monoisotopic (exact) mass is 449 g/mol. The van der Waals surface area contributed by atoms with Crippen LogP contribution < -0.4 is 0 Å². The number of halogens is 5. The molecule has 1 aromatic rings. The molecular formula is C20H20F5NO5. The van der Waals surface area contributed by atoms with Crippen molar-refractivity contribution < 1.29 is 45.8 Å². The Morgan fingerprint density at radius 1 is 1.06 bits per heavy atom. The van der Waals surface area contributed by atoms with E-state index in [-0.39, 0.29) is 31.4 Å². The molecule has 4 atom stereocenters. The normalized spacial score (nSPS) is 25.8. The van der Waals surface area contributed by atoms with Gasteiger partial charge in [-0.15, -0.1) is 0 Å². The Morgan fingerprint density at radius 3 is 2.29 bits per heavy atom. The number of carbonyl (C=O) groups excluding carboxylic acids is 3. The number of fused-ring (bicyclic) bond motifs is 2. The third kappa shape index (κ3) is 4.22. The second-order valence-electron chi connectivity index (χ2n) is 7.41. The number of alkyl halides is 5. The highest BCUT2D eigenvalue weighted by atomic mass is 19.4. The van der Waals surface area contributed by atoms with E-state index in [9.17, 15) is 36.3 Å². The standard InChI is InChI=1S/C20H20F5NO5/c1-2-30-17(28)15-13-9-8-12(26(13)18(29)19(21,22)20(23,24)25)10-14(15)31-16(27)11-6-4-3-5-7-11/h3-7,12-15H,2,8-10H2,1H3. The van der Waals surface area contributed by atoms with Crippen molar-refractivity contribution in [2.24, 2.45) is 5.92 Å². The molecule has 170 valence electrons. The van der Waals surface area contributed by atoms with Crippen molar-refractivity contribution in [3.05, 3.63) is 35.9 Å². The molecule has 0 aliphatic carbocycles. The van der Waals surface area contributed by atoms with E-state index in [4.69, 9.17) is 9.47 Å². The number of ether oxygens (including phenoxy) is 2. The molecule has 0 spiro atoms. The summed E-state index contributed by atoms with van der Waals surface area (Å²) in [6, 6.07) is 5.46. The van der Waals surface area contributed by atoms with Crippen LogP contribution in [0.2, 0.25) is 0 Å². The highest BCUT2D eigenvalue weighted by molar-refractivity contribution is 5.90. The summed E-state index contributed by atoms with van der Waals surface area (Å²) in [6.07, 6.45) is -7.35. The summed E-state index contributed by atoms with van der Waals surface area (Å²) in [5.74, 6) is -11.1. The van der Waals surface area contributed by atoms with E-state index in [2.05, 4.69) is 0 Å². The first-order chi connectivity index (χ1) is 14.5. The molecule has 0 saturated carbocycles. The maximum absolute atomic E-state index is 13.8. The van der Waals surface area contributed by atoms with E-state index in [1.54, 1.807) is 18.2 Å². The lowest BCUT2D eigenvalue weighted by Crippen LogP contribution is -2.62. The van der Waals surface area contributed by atoms with Crippen molar-refractivity contribution in [1.29, 1.82) is 0 Å². The molecule has 2 saturated heterocycles. The number of amides is 1. The van der Waals surface area contributed by atoms with Crippen molar-refractivity contribution in [2.45, 2.75) is 56.5 Å². The largest absolute Gasteiger partial charge is 0.466 e. The smallest absolute Gasteiger partial charge is 0.463 e. The van der Waals surface area contributed by atoms with Crippen LogP contribution in [0.15, 0.2) is 30.3 Å². The zero-order valence-corrected chi connectivity index (χ0v) is 16.4. The van der Waals surface area contributed by atoms with Crippen molar-refractivity contribution >= 4 is 17.8 Å². The fourth-order valence-electron chi connectivity index (χ4n) is 4.21. The van der Waals surface area contributed by atoms with Crippen LogP contribution >= 0.6 is 0 Å². The summed E-state index contributed by atoms with van der Waals surface area (Å²) in [6.45, 7) is 1.40. The van der Waals surface area contributed by atoms with E-state index >= 15 is 0 Å². The van der Waals surface area contributed by atoms with Crippen LogP contribution in [0.1, 0.15) is 36.5 Å². The topological polar surface area (TPSA) is 72.9 Å². The van der Waals surface area contributed by atoms with E-state index < -0.39 is 54.1 Å². The molecule has 2 fully saturated rings. The molecular weight excluding hydrogens is 429 g/mol. The number of piperidine rings is 1. The molecule has 2 aliphatic rings. The molecule has 1 amide bonds. The summed E-state index contributed by atoms with van der Waals surface area (Å²) in [7, 11) is 0. The number of esters is 2. The van der Waals surface area contributed by atoms with Crippen LogP contribution in [0.25, 0.3) is 0 Å². The summed E-state index contributed by atoms with van der Waals surface area (Å²) in [5, 5.41) is 0. The van der Waals surface area contributed by atoms with E-state index in [0.29, 0.717) is 4.90 Å². The van der Waals surface area contributed by atoms with Gasteiger partial charge < -0.3 is 14.4 Å². The molecule has 6 nitrogen and oxygen atoms in total. The van der Waals surface area contributed by atoms with Crippen molar-refractivity contribution in [1.82, 2.24) is 4.90 Å². The Morgan fingerprint density at radius 2 is 1.71 bits per heavy atom. The number of hydrogen-bond donors (Lipinski definition) is 0. The van der Waals surface area contributed by atoms with Crippen LogP contribution in [0, 0.1) is 5.92 Å². The Labute approximate surface area is 174 Å². The fourth-order valence-corrected chi connectivity index (χ4v) is 4.21. The van der Waals surface area contributed by atoms with E-state index in [0.717, 1.165) is 0 Å². The van der Waals surface area contributed by atoms with Crippen LogP contribution in [0.3, 0.4) is 0 Å². The lowest BCUT2D eigenvalue weighted by atomic mass is 9.86. The second-order valence-corrected chi connectivity index (χ2v) is 7.41. The van der Waals surface area contributed by atoms with Gasteiger partial charge in [0.1, 0.15) is 12.0 Å². The first-order valence-electron chi connectivity index (χ1n) is 9.69. The van der Waals surface area contributed by atoms with E-state index in [1.165, 1.54) is 19.1 Å². The third-order valence-corrected chi connectivity index (χ3v) is 5.55. The van der Waals surface area contributed by atoms with Gasteiger partial charge >= 0.3 is 29.9 Å². The Hall–Kier alpha value is -2.72. The average Bonchev–Trinajstić information content (AvgIpc) is 3.01. The summed E-state index contributed by atoms with van der Waals surface area (Å²) in [4.78, 5) is 37.7. The number of carbonyl (C=O) groups is 3. The summed E-state index contributed by atoms with van der Waals surface area (Å²) < 4.78 is 76.2. The molecule has 4 unspecified atom stereocenters. The summed E-state index contributed by atoms with van der Waals surface area (Å²) >= 11 is 0. The Bertz CT molecular complexity index is 844. The molecule has 2 aliphatic heterocycles. The highest BCUT2D eigenvalue weighted by Gasteiger charge is 2.68. The van der Waals surface area contributed by atoms with Crippen LogP contribution in [-0.4, -0.2) is 59.6 Å². The Balaban J connectivity index is 1.89. The van der Waals surface area contributed by atoms with Gasteiger partial charge in [-0.05, 0) is 31.9 Å². The highest BCUT2D eigenvalue weighted by Crippen LogP contribution is 2.46. The van der Waals surface area contributed by atoms with Crippen molar-refractivity contribution in [2.75, 3.05) is 6.61 Å². The van der Waals surface area contributed by atoms with Gasteiger partial charge in [-0.2, -0.15) is 22.0 Å². The SMILES string of the molecule is CCOC(=O)C1C(OC(=O)c2ccccc2)CC2CCC1N2C(=O)C(F)(F)C(F)(F)F. The first kappa shape index (κ1) is 23.0. The molecule has 3 rings (SSSR count). The zero-order valence-electron chi connectivity index (χ0n) is 16.4. The van der Waals surface area contributed by atoms with Crippen LogP contribution in [0.4, 0.5) is 22.0 Å². The molecule has 0 aromatic heterocycles. The molecule has 1 aromatic carbocycles. The van der Waals surface area contributed by atoms with Gasteiger partial charge in [0.05, 0.1) is 12.2 Å². The molecule has 31 heavy (non-hydrogen) atoms. The molecule has 0 radical (unpaired) electrons. The number of hydrogen-bond acceptors (Lipinski definition) is 5. The zero-order chi connectivity index (χ0) is 23.0. The predicted octanol–water partition coefficient (Wildman–Crippen LogP) is 3.35. The lowest BCUT2D eigenvalue weighted by molar-refractivity contribution is -0.276. The number of benzene rings is 1. The Kier molecular flexibility index (Phi) is 6.24. The van der Waals surface area contributed by atoms with Gasteiger partial charge in [-0.3, -0.25) is 9.59 Å². The lowest BCUT2D eigenvalue weighted by Gasteiger charge is -2.43. The van der Waals surface area contributed by atoms with Gasteiger partial charge in [0, 0.05) is 18.5 Å². The number of nitrogens with zero attached hydrogens (tertiary/aromatic N) is 1. The number of rotatable bonds is 5. The average molecular weight is 449 g/mol. The van der Waals surface area contributed by atoms with Crippen LogP contribution in [-0.2, 0) is 19.1 Å².